The van der Waals surface area contributed by atoms with Gasteiger partial charge in [0.1, 0.15) is 5.76 Å². The van der Waals surface area contributed by atoms with Crippen LogP contribution >= 0.6 is 0 Å². The van der Waals surface area contributed by atoms with E-state index < -0.39 is 0 Å². The number of carbonyl (C=O) groups excluding carboxylic acids is 1. The summed E-state index contributed by atoms with van der Waals surface area (Å²) in [6, 6.07) is 5.37. The van der Waals surface area contributed by atoms with Crippen LogP contribution < -0.4 is 5.32 Å². The fourth-order valence-corrected chi connectivity index (χ4v) is 2.57. The van der Waals surface area contributed by atoms with Gasteiger partial charge in [-0.15, -0.1) is 0 Å². The van der Waals surface area contributed by atoms with E-state index in [4.69, 9.17) is 4.42 Å². The maximum Gasteiger partial charge on any atom is 0.251 e. The maximum atomic E-state index is 12.3. The Morgan fingerprint density at radius 3 is 2.38 bits per heavy atom. The van der Waals surface area contributed by atoms with Gasteiger partial charge >= 0.3 is 0 Å². The zero-order chi connectivity index (χ0) is 17.3. The van der Waals surface area contributed by atoms with Gasteiger partial charge in [0.25, 0.3) is 5.91 Å². The minimum Gasteiger partial charge on any atom is -0.446 e. The Kier molecular flexibility index (Phi) is 4.29. The Balaban J connectivity index is 1.69. The molecule has 2 heterocycles. The van der Waals surface area contributed by atoms with Gasteiger partial charge in [0.15, 0.2) is 5.89 Å². The molecule has 0 bridgehead atoms. The summed E-state index contributed by atoms with van der Waals surface area (Å²) in [5.74, 6) is 1.32. The minimum absolute atomic E-state index is 0.134. The van der Waals surface area contributed by atoms with E-state index in [1.54, 1.807) is 12.1 Å². The van der Waals surface area contributed by atoms with Gasteiger partial charge in [0, 0.05) is 25.5 Å². The zero-order valence-corrected chi connectivity index (χ0v) is 14.3. The summed E-state index contributed by atoms with van der Waals surface area (Å²) >= 11 is 0. The molecule has 0 atom stereocenters. The molecule has 124 valence electrons. The number of carbonyl (C=O) groups is 1. The molecule has 1 amide bonds. The molecule has 1 aromatic carbocycles. The second-order valence-electron chi connectivity index (χ2n) is 5.85. The highest BCUT2D eigenvalue weighted by Gasteiger charge is 2.10. The van der Waals surface area contributed by atoms with Crippen LogP contribution in [-0.2, 0) is 6.42 Å². The molecule has 0 aliphatic heterocycles. The first-order valence-electron chi connectivity index (χ1n) is 7.90. The third-order valence-electron chi connectivity index (χ3n) is 3.97. The van der Waals surface area contributed by atoms with Crippen molar-refractivity contribution in [1.29, 1.82) is 0 Å². The Morgan fingerprint density at radius 2 is 1.71 bits per heavy atom. The van der Waals surface area contributed by atoms with Gasteiger partial charge in [-0.05, 0) is 39.0 Å². The normalized spacial score (nSPS) is 11.0. The number of hydrogen-bond acceptors (Lipinski definition) is 5. The van der Waals surface area contributed by atoms with Crippen LogP contribution in [0, 0.1) is 27.7 Å². The standard InChI is InChI=1S/C18H20N4O2/c1-10-11(2)22-16-9-14(5-6-15(16)21-10)18(23)19-8-7-17-12(3)20-13(4)24-17/h5-6,9H,7-8H2,1-4H3,(H,19,23). The van der Waals surface area contributed by atoms with Crippen LogP contribution in [0.3, 0.4) is 0 Å². The second-order valence-corrected chi connectivity index (χ2v) is 5.85. The van der Waals surface area contributed by atoms with E-state index in [0.717, 1.165) is 33.9 Å². The summed E-state index contributed by atoms with van der Waals surface area (Å²) in [6.45, 7) is 8.05. The number of oxazole rings is 1. The molecule has 0 aliphatic carbocycles. The van der Waals surface area contributed by atoms with Crippen LogP contribution in [0.4, 0.5) is 0 Å². The number of amides is 1. The third kappa shape index (κ3) is 3.27. The van der Waals surface area contributed by atoms with Crippen LogP contribution in [0.2, 0.25) is 0 Å². The monoisotopic (exact) mass is 324 g/mol. The summed E-state index contributed by atoms with van der Waals surface area (Å²) in [4.78, 5) is 25.5. The van der Waals surface area contributed by atoms with E-state index in [9.17, 15) is 4.79 Å². The number of nitrogens with one attached hydrogen (secondary N) is 1. The second kappa shape index (κ2) is 6.39. The molecule has 1 N–H and O–H groups in total. The Labute approximate surface area is 140 Å². The van der Waals surface area contributed by atoms with Crippen LogP contribution in [0.25, 0.3) is 11.0 Å². The van der Waals surface area contributed by atoms with Gasteiger partial charge in [-0.2, -0.15) is 0 Å². The summed E-state index contributed by atoms with van der Waals surface area (Å²) in [7, 11) is 0. The van der Waals surface area contributed by atoms with Gasteiger partial charge in [0.05, 0.1) is 28.1 Å². The summed E-state index contributed by atoms with van der Waals surface area (Å²) in [5, 5.41) is 2.90. The van der Waals surface area contributed by atoms with E-state index >= 15 is 0 Å². The van der Waals surface area contributed by atoms with Gasteiger partial charge in [0.2, 0.25) is 0 Å². The molecule has 0 unspecified atom stereocenters. The fraction of sp³-hybridized carbons (Fsp3) is 0.333. The molecule has 0 saturated carbocycles. The molecule has 0 radical (unpaired) electrons. The number of aromatic nitrogens is 3. The summed E-state index contributed by atoms with van der Waals surface area (Å²) in [5.41, 5.74) is 4.74. The van der Waals surface area contributed by atoms with Crippen LogP contribution in [0.1, 0.15) is 39.1 Å². The molecular formula is C18H20N4O2. The van der Waals surface area contributed by atoms with Crippen LogP contribution in [0.15, 0.2) is 22.6 Å². The lowest BCUT2D eigenvalue weighted by Gasteiger charge is -2.06. The smallest absolute Gasteiger partial charge is 0.251 e. The SMILES string of the molecule is Cc1nc(C)c(CCNC(=O)c2ccc3nc(C)c(C)nc3c2)o1. The van der Waals surface area contributed by atoms with Crippen molar-refractivity contribution < 1.29 is 9.21 Å². The summed E-state index contributed by atoms with van der Waals surface area (Å²) in [6.07, 6.45) is 0.615. The number of hydrogen-bond donors (Lipinski definition) is 1. The van der Waals surface area contributed by atoms with Crippen molar-refractivity contribution in [1.82, 2.24) is 20.3 Å². The first-order valence-corrected chi connectivity index (χ1v) is 7.90. The molecule has 0 fully saturated rings. The topological polar surface area (TPSA) is 80.9 Å². The van der Waals surface area contributed by atoms with Gasteiger partial charge in [-0.25, -0.2) is 15.0 Å². The van der Waals surface area contributed by atoms with E-state index in [2.05, 4.69) is 20.3 Å². The maximum absolute atomic E-state index is 12.3. The number of aryl methyl sites for hydroxylation is 4. The molecule has 0 aliphatic rings. The average Bonchev–Trinajstić information content (AvgIpc) is 2.85. The van der Waals surface area contributed by atoms with Crippen molar-refractivity contribution >= 4 is 16.9 Å². The first-order chi connectivity index (χ1) is 11.4. The fourth-order valence-electron chi connectivity index (χ4n) is 2.57. The van der Waals surface area contributed by atoms with Crippen molar-refractivity contribution in [2.24, 2.45) is 0 Å². The molecule has 0 spiro atoms. The van der Waals surface area contributed by atoms with E-state index in [-0.39, 0.29) is 5.91 Å². The molecular weight excluding hydrogens is 304 g/mol. The first kappa shape index (κ1) is 16.1. The Morgan fingerprint density at radius 1 is 1.00 bits per heavy atom. The average molecular weight is 324 g/mol. The number of fused-ring (bicyclic) bond motifs is 1. The number of rotatable bonds is 4. The highest BCUT2D eigenvalue weighted by molar-refractivity contribution is 5.97. The number of benzene rings is 1. The highest BCUT2D eigenvalue weighted by atomic mass is 16.4. The van der Waals surface area contributed by atoms with Crippen LogP contribution in [-0.4, -0.2) is 27.4 Å². The molecule has 3 aromatic rings. The lowest BCUT2D eigenvalue weighted by atomic mass is 10.1. The highest BCUT2D eigenvalue weighted by Crippen LogP contribution is 2.15. The lowest BCUT2D eigenvalue weighted by Crippen LogP contribution is -2.25. The molecule has 24 heavy (non-hydrogen) atoms. The van der Waals surface area contributed by atoms with E-state index in [1.165, 1.54) is 0 Å². The van der Waals surface area contributed by atoms with Gasteiger partial charge in [-0.3, -0.25) is 4.79 Å². The van der Waals surface area contributed by atoms with Crippen molar-refractivity contribution in [3.8, 4) is 0 Å². The Hall–Kier alpha value is -2.76. The minimum atomic E-state index is -0.134. The predicted molar refractivity (Wildman–Crippen MR) is 91.0 cm³/mol. The van der Waals surface area contributed by atoms with Gasteiger partial charge in [-0.1, -0.05) is 0 Å². The molecule has 0 saturated heterocycles. The Bertz CT molecular complexity index is 915. The zero-order valence-electron chi connectivity index (χ0n) is 14.3. The molecule has 6 heteroatoms. The van der Waals surface area contributed by atoms with E-state index in [1.807, 2.05) is 33.8 Å². The lowest BCUT2D eigenvalue weighted by molar-refractivity contribution is 0.0954. The van der Waals surface area contributed by atoms with E-state index in [0.29, 0.717) is 24.4 Å². The molecule has 6 nitrogen and oxygen atoms in total. The number of nitrogens with zero attached hydrogens (tertiary/aromatic N) is 3. The van der Waals surface area contributed by atoms with Crippen LogP contribution in [0.5, 0.6) is 0 Å². The largest absolute Gasteiger partial charge is 0.446 e. The van der Waals surface area contributed by atoms with Crippen molar-refractivity contribution in [3.63, 3.8) is 0 Å². The van der Waals surface area contributed by atoms with Gasteiger partial charge < -0.3 is 9.73 Å². The van der Waals surface area contributed by atoms with Crippen molar-refractivity contribution in [2.75, 3.05) is 6.54 Å². The predicted octanol–water partition coefficient (Wildman–Crippen LogP) is 2.82. The molecule has 3 rings (SSSR count). The quantitative estimate of drug-likeness (QED) is 0.798. The molecule has 2 aromatic heterocycles. The van der Waals surface area contributed by atoms with Crippen molar-refractivity contribution in [3.05, 3.63) is 52.5 Å². The van der Waals surface area contributed by atoms with Crippen molar-refractivity contribution in [2.45, 2.75) is 34.1 Å². The third-order valence-corrected chi connectivity index (χ3v) is 3.97. The summed E-state index contributed by atoms with van der Waals surface area (Å²) < 4.78 is 5.50.